The second-order valence-corrected chi connectivity index (χ2v) is 3.40. The molecule has 3 nitrogen and oxygen atoms in total. The first kappa shape index (κ1) is 11.0. The molecule has 1 unspecified atom stereocenters. The van der Waals surface area contributed by atoms with Gasteiger partial charge in [0.15, 0.2) is 0 Å². The molecule has 0 aliphatic heterocycles. The minimum atomic E-state index is 0.274. The highest BCUT2D eigenvalue weighted by atomic mass is 16.3. The van der Waals surface area contributed by atoms with Gasteiger partial charge in [0.25, 0.3) is 0 Å². The predicted octanol–water partition coefficient (Wildman–Crippen LogP) is 1.90. The molecule has 1 atom stereocenters. The van der Waals surface area contributed by atoms with Crippen LogP contribution in [0.2, 0.25) is 0 Å². The summed E-state index contributed by atoms with van der Waals surface area (Å²) in [7, 11) is 0. The lowest BCUT2D eigenvalue weighted by Crippen LogP contribution is -2.14. The van der Waals surface area contributed by atoms with Crippen molar-refractivity contribution in [3.8, 4) is 0 Å². The summed E-state index contributed by atoms with van der Waals surface area (Å²) in [4.78, 5) is 3.95. The van der Waals surface area contributed by atoms with Gasteiger partial charge in [-0.1, -0.05) is 13.3 Å². The van der Waals surface area contributed by atoms with Crippen LogP contribution in [-0.2, 0) is 0 Å². The Bertz CT molecular complexity index is 238. The summed E-state index contributed by atoms with van der Waals surface area (Å²) < 4.78 is 0. The van der Waals surface area contributed by atoms with Crippen LogP contribution in [-0.4, -0.2) is 23.2 Å². The van der Waals surface area contributed by atoms with E-state index in [1.54, 1.807) is 12.4 Å². The van der Waals surface area contributed by atoms with Crippen LogP contribution in [0.25, 0.3) is 0 Å². The maximum Gasteiger partial charge on any atom is 0.0434 e. The molecule has 14 heavy (non-hydrogen) atoms. The van der Waals surface area contributed by atoms with Gasteiger partial charge in [0.05, 0.1) is 0 Å². The number of hydrogen-bond acceptors (Lipinski definition) is 3. The SMILES string of the molecule is CCC(CCO)CNc1ccncc1. The maximum absolute atomic E-state index is 8.83. The summed E-state index contributed by atoms with van der Waals surface area (Å²) in [5.74, 6) is 0.549. The first-order chi connectivity index (χ1) is 6.86. The fraction of sp³-hybridized carbons (Fsp3) is 0.545. The zero-order valence-electron chi connectivity index (χ0n) is 8.61. The molecule has 1 heterocycles. The molecule has 0 aliphatic rings. The van der Waals surface area contributed by atoms with Crippen molar-refractivity contribution in [2.24, 2.45) is 5.92 Å². The number of hydrogen-bond donors (Lipinski definition) is 2. The molecule has 0 aromatic carbocycles. The van der Waals surface area contributed by atoms with E-state index in [0.29, 0.717) is 5.92 Å². The van der Waals surface area contributed by atoms with Crippen molar-refractivity contribution in [2.45, 2.75) is 19.8 Å². The average Bonchev–Trinajstić information content (AvgIpc) is 2.25. The topological polar surface area (TPSA) is 45.1 Å². The molecule has 3 heteroatoms. The Hall–Kier alpha value is -1.09. The Morgan fingerprint density at radius 3 is 2.71 bits per heavy atom. The van der Waals surface area contributed by atoms with Gasteiger partial charge in [-0.3, -0.25) is 4.98 Å². The van der Waals surface area contributed by atoms with Gasteiger partial charge in [-0.05, 0) is 24.5 Å². The number of aliphatic hydroxyl groups excluding tert-OH is 1. The minimum Gasteiger partial charge on any atom is -0.396 e. The van der Waals surface area contributed by atoms with E-state index >= 15 is 0 Å². The molecule has 0 saturated carbocycles. The molecule has 0 saturated heterocycles. The molecule has 1 aromatic heterocycles. The summed E-state index contributed by atoms with van der Waals surface area (Å²) in [6.07, 6.45) is 5.51. The molecule has 0 spiro atoms. The third-order valence-electron chi connectivity index (χ3n) is 2.39. The monoisotopic (exact) mass is 194 g/mol. The van der Waals surface area contributed by atoms with E-state index in [-0.39, 0.29) is 6.61 Å². The fourth-order valence-corrected chi connectivity index (χ4v) is 1.37. The highest BCUT2D eigenvalue weighted by molar-refractivity contribution is 5.40. The number of aliphatic hydroxyl groups is 1. The third kappa shape index (κ3) is 3.75. The fourth-order valence-electron chi connectivity index (χ4n) is 1.37. The van der Waals surface area contributed by atoms with Crippen LogP contribution in [0.3, 0.4) is 0 Å². The quantitative estimate of drug-likeness (QED) is 0.727. The number of rotatable bonds is 6. The lowest BCUT2D eigenvalue weighted by molar-refractivity contribution is 0.258. The molecule has 2 N–H and O–H groups in total. The second-order valence-electron chi connectivity index (χ2n) is 3.40. The molecule has 0 fully saturated rings. The van der Waals surface area contributed by atoms with Gasteiger partial charge in [0.1, 0.15) is 0 Å². The summed E-state index contributed by atoms with van der Waals surface area (Å²) in [6, 6.07) is 3.90. The van der Waals surface area contributed by atoms with Gasteiger partial charge < -0.3 is 10.4 Å². The van der Waals surface area contributed by atoms with E-state index in [1.165, 1.54) is 0 Å². The number of pyridine rings is 1. The second kappa shape index (κ2) is 6.38. The summed E-state index contributed by atoms with van der Waals surface area (Å²) in [6.45, 7) is 3.34. The van der Waals surface area contributed by atoms with E-state index in [4.69, 9.17) is 5.11 Å². The van der Waals surface area contributed by atoms with Crippen molar-refractivity contribution in [3.05, 3.63) is 24.5 Å². The van der Waals surface area contributed by atoms with Crippen molar-refractivity contribution in [1.29, 1.82) is 0 Å². The largest absolute Gasteiger partial charge is 0.396 e. The van der Waals surface area contributed by atoms with Crippen LogP contribution < -0.4 is 5.32 Å². The Morgan fingerprint density at radius 2 is 2.14 bits per heavy atom. The summed E-state index contributed by atoms with van der Waals surface area (Å²) in [5.41, 5.74) is 1.09. The maximum atomic E-state index is 8.83. The van der Waals surface area contributed by atoms with Crippen LogP contribution in [0.1, 0.15) is 19.8 Å². The molecule has 0 amide bonds. The van der Waals surface area contributed by atoms with E-state index in [9.17, 15) is 0 Å². The molecular weight excluding hydrogens is 176 g/mol. The van der Waals surface area contributed by atoms with Crippen molar-refractivity contribution in [2.75, 3.05) is 18.5 Å². The zero-order chi connectivity index (χ0) is 10.2. The lowest BCUT2D eigenvalue weighted by Gasteiger charge is -2.14. The standard InChI is InChI=1S/C11H18N2O/c1-2-10(5-8-14)9-13-11-3-6-12-7-4-11/h3-4,6-7,10,14H,2,5,8-9H2,1H3,(H,12,13). The molecule has 0 bridgehead atoms. The van der Waals surface area contributed by atoms with Gasteiger partial charge in [-0.15, -0.1) is 0 Å². The molecule has 0 aliphatic carbocycles. The average molecular weight is 194 g/mol. The van der Waals surface area contributed by atoms with Gasteiger partial charge in [-0.2, -0.15) is 0 Å². The normalized spacial score (nSPS) is 12.4. The van der Waals surface area contributed by atoms with E-state index < -0.39 is 0 Å². The molecular formula is C11H18N2O. The lowest BCUT2D eigenvalue weighted by atomic mass is 10.0. The smallest absolute Gasteiger partial charge is 0.0434 e. The van der Waals surface area contributed by atoms with E-state index in [0.717, 1.165) is 25.1 Å². The van der Waals surface area contributed by atoms with Crippen LogP contribution >= 0.6 is 0 Å². The highest BCUT2D eigenvalue weighted by Gasteiger charge is 2.04. The molecule has 1 rings (SSSR count). The van der Waals surface area contributed by atoms with Crippen LogP contribution in [0.4, 0.5) is 5.69 Å². The zero-order valence-corrected chi connectivity index (χ0v) is 8.61. The molecule has 0 radical (unpaired) electrons. The number of nitrogens with zero attached hydrogens (tertiary/aromatic N) is 1. The summed E-state index contributed by atoms with van der Waals surface area (Å²) in [5, 5.41) is 12.2. The van der Waals surface area contributed by atoms with Crippen LogP contribution in [0.5, 0.6) is 0 Å². The number of anilines is 1. The first-order valence-corrected chi connectivity index (χ1v) is 5.11. The van der Waals surface area contributed by atoms with E-state index in [1.807, 2.05) is 12.1 Å². The molecule has 1 aromatic rings. The van der Waals surface area contributed by atoms with Gasteiger partial charge in [-0.25, -0.2) is 0 Å². The van der Waals surface area contributed by atoms with Gasteiger partial charge >= 0.3 is 0 Å². The predicted molar refractivity (Wildman–Crippen MR) is 58.2 cm³/mol. The van der Waals surface area contributed by atoms with Crippen molar-refractivity contribution in [1.82, 2.24) is 4.98 Å². The first-order valence-electron chi connectivity index (χ1n) is 5.11. The Morgan fingerprint density at radius 1 is 1.43 bits per heavy atom. The Kier molecular flexibility index (Phi) is 5.00. The summed E-state index contributed by atoms with van der Waals surface area (Å²) >= 11 is 0. The highest BCUT2D eigenvalue weighted by Crippen LogP contribution is 2.10. The van der Waals surface area contributed by atoms with Crippen molar-refractivity contribution >= 4 is 5.69 Å². The Labute approximate surface area is 85.2 Å². The van der Waals surface area contributed by atoms with Crippen molar-refractivity contribution in [3.63, 3.8) is 0 Å². The van der Waals surface area contributed by atoms with Crippen LogP contribution in [0.15, 0.2) is 24.5 Å². The van der Waals surface area contributed by atoms with Crippen molar-refractivity contribution < 1.29 is 5.11 Å². The van der Waals surface area contributed by atoms with Crippen LogP contribution in [0, 0.1) is 5.92 Å². The van der Waals surface area contributed by atoms with E-state index in [2.05, 4.69) is 17.2 Å². The Balaban J connectivity index is 2.32. The molecule has 78 valence electrons. The third-order valence-corrected chi connectivity index (χ3v) is 2.39. The van der Waals surface area contributed by atoms with Gasteiger partial charge in [0.2, 0.25) is 0 Å². The minimum absolute atomic E-state index is 0.274. The number of nitrogens with one attached hydrogen (secondary N) is 1. The number of aromatic nitrogens is 1. The van der Waals surface area contributed by atoms with Gasteiger partial charge in [0, 0.05) is 31.2 Å².